The van der Waals surface area contributed by atoms with E-state index in [1.54, 1.807) is 32.0 Å². The van der Waals surface area contributed by atoms with Gasteiger partial charge < -0.3 is 14.8 Å². The Balaban J connectivity index is 2.09. The molecule has 1 aromatic heterocycles. The van der Waals surface area contributed by atoms with Crippen molar-refractivity contribution < 1.29 is 22.7 Å². The van der Waals surface area contributed by atoms with Gasteiger partial charge in [0.25, 0.3) is 0 Å². The van der Waals surface area contributed by atoms with Gasteiger partial charge in [-0.15, -0.1) is 0 Å². The second kappa shape index (κ2) is 7.53. The van der Waals surface area contributed by atoms with Crippen LogP contribution in [0.25, 0.3) is 0 Å². The predicted molar refractivity (Wildman–Crippen MR) is 91.4 cm³/mol. The van der Waals surface area contributed by atoms with Gasteiger partial charge in [-0.05, 0) is 26.0 Å². The Morgan fingerprint density at radius 3 is 2.52 bits per heavy atom. The summed E-state index contributed by atoms with van der Waals surface area (Å²) in [7, 11) is -0.895. The maximum absolute atomic E-state index is 12.3. The van der Waals surface area contributed by atoms with Crippen LogP contribution in [0, 0.1) is 13.8 Å². The standard InChI is InChI=1S/C15H20N4O5S/c1-9-15(10(2)19-18-9)25(21,22)16-8-14(20)17-12-7-11(23-3)5-6-13(12)24-4/h5-7,16H,8H2,1-4H3,(H,17,20)(H,18,19). The van der Waals surface area contributed by atoms with Crippen LogP contribution in [0.3, 0.4) is 0 Å². The van der Waals surface area contributed by atoms with Crippen LogP contribution in [0.1, 0.15) is 11.4 Å². The lowest BCUT2D eigenvalue weighted by atomic mass is 10.2. The largest absolute Gasteiger partial charge is 0.497 e. The summed E-state index contributed by atoms with van der Waals surface area (Å²) in [6.07, 6.45) is 0. The number of anilines is 1. The lowest BCUT2D eigenvalue weighted by Crippen LogP contribution is -2.33. The fourth-order valence-corrected chi connectivity index (χ4v) is 3.62. The van der Waals surface area contributed by atoms with Gasteiger partial charge in [0, 0.05) is 6.07 Å². The quantitative estimate of drug-likeness (QED) is 0.669. The third-order valence-corrected chi connectivity index (χ3v) is 5.10. The molecule has 0 fully saturated rings. The number of amides is 1. The van der Waals surface area contributed by atoms with Gasteiger partial charge in [0.1, 0.15) is 16.4 Å². The lowest BCUT2D eigenvalue weighted by Gasteiger charge is -2.12. The Labute approximate surface area is 145 Å². The molecular formula is C15H20N4O5S. The first-order valence-electron chi connectivity index (χ1n) is 7.31. The van der Waals surface area contributed by atoms with E-state index >= 15 is 0 Å². The number of rotatable bonds is 7. The molecule has 3 N–H and O–H groups in total. The first kappa shape index (κ1) is 18.7. The Kier molecular flexibility index (Phi) is 5.65. The second-order valence-corrected chi connectivity index (χ2v) is 6.91. The van der Waals surface area contributed by atoms with Crippen LogP contribution in [0.2, 0.25) is 0 Å². The van der Waals surface area contributed by atoms with Crippen molar-refractivity contribution in [3.8, 4) is 11.5 Å². The number of aromatic amines is 1. The van der Waals surface area contributed by atoms with E-state index in [9.17, 15) is 13.2 Å². The molecule has 0 bridgehead atoms. The number of nitrogens with one attached hydrogen (secondary N) is 3. The van der Waals surface area contributed by atoms with Crippen LogP contribution in [0.15, 0.2) is 23.1 Å². The molecule has 0 spiro atoms. The summed E-state index contributed by atoms with van der Waals surface area (Å²) < 4.78 is 37.2. The molecule has 25 heavy (non-hydrogen) atoms. The van der Waals surface area contributed by atoms with Crippen molar-refractivity contribution in [3.63, 3.8) is 0 Å². The number of ether oxygens (including phenoxy) is 2. The molecule has 1 aromatic carbocycles. The molecule has 0 atom stereocenters. The smallest absolute Gasteiger partial charge is 0.244 e. The number of H-pyrrole nitrogens is 1. The number of hydrogen-bond acceptors (Lipinski definition) is 6. The third kappa shape index (κ3) is 4.28. The summed E-state index contributed by atoms with van der Waals surface area (Å²) in [5.41, 5.74) is 1.11. The Morgan fingerprint density at radius 2 is 1.96 bits per heavy atom. The van der Waals surface area contributed by atoms with Gasteiger partial charge >= 0.3 is 0 Å². The fourth-order valence-electron chi connectivity index (χ4n) is 2.28. The summed E-state index contributed by atoms with van der Waals surface area (Å²) in [6.45, 7) is 2.72. The molecule has 0 aliphatic carbocycles. The van der Waals surface area contributed by atoms with Crippen molar-refractivity contribution in [2.45, 2.75) is 18.7 Å². The van der Waals surface area contributed by atoms with Gasteiger partial charge in [0.15, 0.2) is 0 Å². The molecule has 0 saturated heterocycles. The number of aryl methyl sites for hydroxylation is 2. The number of sulfonamides is 1. The summed E-state index contributed by atoms with van der Waals surface area (Å²) in [5, 5.41) is 9.03. The summed E-state index contributed by atoms with van der Waals surface area (Å²) >= 11 is 0. The van der Waals surface area contributed by atoms with Crippen molar-refractivity contribution in [1.82, 2.24) is 14.9 Å². The van der Waals surface area contributed by atoms with E-state index in [-0.39, 0.29) is 4.90 Å². The number of carbonyl (C=O) groups excluding carboxylic acids is 1. The lowest BCUT2D eigenvalue weighted by molar-refractivity contribution is -0.115. The van der Waals surface area contributed by atoms with Crippen LogP contribution in [0.5, 0.6) is 11.5 Å². The Morgan fingerprint density at radius 1 is 1.24 bits per heavy atom. The normalized spacial score (nSPS) is 11.2. The molecule has 1 heterocycles. The molecule has 9 nitrogen and oxygen atoms in total. The second-order valence-electron chi connectivity index (χ2n) is 5.20. The topological polar surface area (TPSA) is 122 Å². The van der Waals surface area contributed by atoms with Crippen molar-refractivity contribution in [3.05, 3.63) is 29.6 Å². The van der Waals surface area contributed by atoms with Crippen LogP contribution < -0.4 is 19.5 Å². The molecular weight excluding hydrogens is 348 g/mol. The molecule has 2 aromatic rings. The molecule has 0 aliphatic heterocycles. The first-order valence-corrected chi connectivity index (χ1v) is 8.80. The highest BCUT2D eigenvalue weighted by Gasteiger charge is 2.23. The van der Waals surface area contributed by atoms with Crippen molar-refractivity contribution in [2.75, 3.05) is 26.1 Å². The van der Waals surface area contributed by atoms with Crippen molar-refractivity contribution >= 4 is 21.6 Å². The average molecular weight is 368 g/mol. The Hall–Kier alpha value is -2.59. The first-order chi connectivity index (χ1) is 11.8. The summed E-state index contributed by atoms with van der Waals surface area (Å²) in [4.78, 5) is 12.1. The monoisotopic (exact) mass is 368 g/mol. The van der Waals surface area contributed by atoms with E-state index in [0.29, 0.717) is 28.6 Å². The maximum Gasteiger partial charge on any atom is 0.244 e. The van der Waals surface area contributed by atoms with E-state index < -0.39 is 22.5 Å². The van der Waals surface area contributed by atoms with E-state index in [2.05, 4.69) is 20.2 Å². The maximum atomic E-state index is 12.3. The molecule has 136 valence electrons. The van der Waals surface area contributed by atoms with Gasteiger partial charge in [-0.25, -0.2) is 13.1 Å². The van der Waals surface area contributed by atoms with Gasteiger partial charge in [-0.1, -0.05) is 0 Å². The molecule has 0 radical (unpaired) electrons. The number of hydrogen-bond donors (Lipinski definition) is 3. The third-order valence-electron chi connectivity index (χ3n) is 3.43. The molecule has 10 heteroatoms. The summed E-state index contributed by atoms with van der Waals surface area (Å²) in [6, 6.07) is 4.90. The minimum Gasteiger partial charge on any atom is -0.497 e. The van der Waals surface area contributed by atoms with Crippen molar-refractivity contribution in [1.29, 1.82) is 0 Å². The van der Waals surface area contributed by atoms with Gasteiger partial charge in [0.05, 0.1) is 37.8 Å². The van der Waals surface area contributed by atoms with Gasteiger partial charge in [-0.3, -0.25) is 9.89 Å². The highest BCUT2D eigenvalue weighted by atomic mass is 32.2. The highest BCUT2D eigenvalue weighted by molar-refractivity contribution is 7.89. The zero-order valence-corrected chi connectivity index (χ0v) is 15.2. The number of benzene rings is 1. The Bertz CT molecular complexity index is 857. The predicted octanol–water partition coefficient (Wildman–Crippen LogP) is 0.961. The summed E-state index contributed by atoms with van der Waals surface area (Å²) in [5.74, 6) is 0.411. The number of nitrogens with zero attached hydrogens (tertiary/aromatic N) is 1. The van der Waals surface area contributed by atoms with Crippen LogP contribution in [0.4, 0.5) is 5.69 Å². The SMILES string of the molecule is COc1ccc(OC)c(NC(=O)CNS(=O)(=O)c2c(C)n[nH]c2C)c1. The van der Waals surface area contributed by atoms with Crippen LogP contribution in [-0.4, -0.2) is 45.3 Å². The average Bonchev–Trinajstić information content (AvgIpc) is 2.92. The van der Waals surface area contributed by atoms with E-state index in [0.717, 1.165) is 0 Å². The van der Waals surface area contributed by atoms with E-state index in [1.165, 1.54) is 14.2 Å². The number of carbonyl (C=O) groups is 1. The number of aromatic nitrogens is 2. The van der Waals surface area contributed by atoms with Crippen molar-refractivity contribution in [2.24, 2.45) is 0 Å². The molecule has 0 saturated carbocycles. The van der Waals surface area contributed by atoms with Crippen LogP contribution in [-0.2, 0) is 14.8 Å². The van der Waals surface area contributed by atoms with Crippen LogP contribution >= 0.6 is 0 Å². The minimum atomic E-state index is -3.85. The number of methoxy groups -OCH3 is 2. The minimum absolute atomic E-state index is 0.0410. The zero-order valence-electron chi connectivity index (χ0n) is 14.3. The van der Waals surface area contributed by atoms with E-state index in [1.807, 2.05) is 0 Å². The fraction of sp³-hybridized carbons (Fsp3) is 0.333. The van der Waals surface area contributed by atoms with Gasteiger partial charge in [0.2, 0.25) is 15.9 Å². The highest BCUT2D eigenvalue weighted by Crippen LogP contribution is 2.28. The van der Waals surface area contributed by atoms with E-state index in [4.69, 9.17) is 9.47 Å². The molecule has 0 unspecified atom stereocenters. The molecule has 0 aliphatic rings. The zero-order chi connectivity index (χ0) is 18.6. The van der Waals surface area contributed by atoms with Gasteiger partial charge in [-0.2, -0.15) is 5.10 Å². The molecule has 1 amide bonds. The molecule has 2 rings (SSSR count).